The van der Waals surface area contributed by atoms with E-state index in [0.29, 0.717) is 36.6 Å². The van der Waals surface area contributed by atoms with Gasteiger partial charge in [0.05, 0.1) is 18.4 Å². The Morgan fingerprint density at radius 2 is 2.04 bits per heavy atom. The van der Waals surface area contributed by atoms with E-state index in [1.807, 2.05) is 18.2 Å². The van der Waals surface area contributed by atoms with Gasteiger partial charge in [-0.15, -0.1) is 0 Å². The van der Waals surface area contributed by atoms with Crippen molar-refractivity contribution in [3.63, 3.8) is 0 Å². The summed E-state index contributed by atoms with van der Waals surface area (Å²) in [5.74, 6) is 0.392. The number of fused-ring (bicyclic) bond motifs is 1. The van der Waals surface area contributed by atoms with Crippen molar-refractivity contribution >= 4 is 5.69 Å². The van der Waals surface area contributed by atoms with Crippen molar-refractivity contribution in [1.29, 1.82) is 0 Å². The molecule has 0 amide bonds. The molecule has 0 radical (unpaired) electrons. The zero-order valence-electron chi connectivity index (χ0n) is 15.5. The van der Waals surface area contributed by atoms with E-state index >= 15 is 0 Å². The highest BCUT2D eigenvalue weighted by Gasteiger charge is 2.22. The van der Waals surface area contributed by atoms with E-state index in [0.717, 1.165) is 23.4 Å². The summed E-state index contributed by atoms with van der Waals surface area (Å²) in [5, 5.41) is 0. The van der Waals surface area contributed by atoms with E-state index in [1.54, 1.807) is 18.2 Å². The maximum Gasteiger partial charge on any atom is 0.255 e. The molecule has 2 heterocycles. The number of nitrogens with one attached hydrogen (secondary N) is 1. The molecule has 3 aromatic rings. The highest BCUT2D eigenvalue weighted by Crippen LogP contribution is 2.22. The number of benzene rings is 2. The van der Waals surface area contributed by atoms with Crippen LogP contribution in [0.1, 0.15) is 16.8 Å². The second-order valence-corrected chi connectivity index (χ2v) is 6.89. The minimum Gasteiger partial charge on any atom is -0.494 e. The van der Waals surface area contributed by atoms with Crippen molar-refractivity contribution in [1.82, 2.24) is 14.9 Å². The quantitative estimate of drug-likeness (QED) is 0.680. The second kappa shape index (κ2) is 7.44. The van der Waals surface area contributed by atoms with Gasteiger partial charge >= 0.3 is 0 Å². The molecular weight excluding hydrogens is 359 g/mol. The van der Waals surface area contributed by atoms with E-state index < -0.39 is 0 Å². The maximum atomic E-state index is 13.9. The molecule has 1 aliphatic rings. The number of aromatic amines is 1. The molecule has 3 N–H and O–H groups in total. The minimum absolute atomic E-state index is 0.137. The van der Waals surface area contributed by atoms with Crippen molar-refractivity contribution in [2.75, 3.05) is 19.4 Å². The van der Waals surface area contributed by atoms with Crippen LogP contribution in [-0.4, -0.2) is 28.5 Å². The maximum absolute atomic E-state index is 13.9. The lowest BCUT2D eigenvalue weighted by atomic mass is 10.1. The lowest BCUT2D eigenvalue weighted by Gasteiger charge is -2.27. The molecule has 7 heteroatoms. The molecule has 2 aromatic carbocycles. The van der Waals surface area contributed by atoms with E-state index in [4.69, 9.17) is 10.5 Å². The lowest BCUT2D eigenvalue weighted by Crippen LogP contribution is -2.35. The molecule has 0 unspecified atom stereocenters. The number of ether oxygens (including phenoxy) is 1. The number of methoxy groups -OCH3 is 1. The van der Waals surface area contributed by atoms with E-state index in [9.17, 15) is 9.18 Å². The van der Waals surface area contributed by atoms with E-state index in [1.165, 1.54) is 13.2 Å². The summed E-state index contributed by atoms with van der Waals surface area (Å²) < 4.78 is 18.9. The van der Waals surface area contributed by atoms with Gasteiger partial charge in [-0.1, -0.05) is 6.07 Å². The Kier molecular flexibility index (Phi) is 4.83. The molecule has 0 aliphatic carbocycles. The number of hydrogen-bond acceptors (Lipinski definition) is 5. The molecule has 0 spiro atoms. The zero-order chi connectivity index (χ0) is 19.7. The summed E-state index contributed by atoms with van der Waals surface area (Å²) in [6.45, 7) is 1.78. The number of aromatic nitrogens is 2. The van der Waals surface area contributed by atoms with Gasteiger partial charge < -0.3 is 15.5 Å². The molecule has 144 valence electrons. The monoisotopic (exact) mass is 380 g/mol. The van der Waals surface area contributed by atoms with Gasteiger partial charge in [0.2, 0.25) is 0 Å². The Labute approximate surface area is 161 Å². The first-order valence-electron chi connectivity index (χ1n) is 9.06. The van der Waals surface area contributed by atoms with Crippen LogP contribution in [0.4, 0.5) is 10.1 Å². The van der Waals surface area contributed by atoms with Crippen LogP contribution < -0.4 is 16.0 Å². The molecule has 0 fully saturated rings. The zero-order valence-corrected chi connectivity index (χ0v) is 15.5. The molecule has 4 rings (SSSR count). The molecule has 0 bridgehead atoms. The predicted molar refractivity (Wildman–Crippen MR) is 105 cm³/mol. The standard InChI is InChI=1S/C21H21FN4O2/c1-28-19-7-2-13(10-17(19)22)11-26-9-8-18-16(12-26)21(27)25-20(24-18)14-3-5-15(23)6-4-14/h2-7,10H,8-9,11-12,23H2,1H3,(H,24,25,27). The molecule has 0 saturated carbocycles. The van der Waals surface area contributed by atoms with Crippen LogP contribution in [0, 0.1) is 5.82 Å². The highest BCUT2D eigenvalue weighted by atomic mass is 19.1. The fraction of sp³-hybridized carbons (Fsp3) is 0.238. The second-order valence-electron chi connectivity index (χ2n) is 6.89. The molecule has 1 aliphatic heterocycles. The Morgan fingerprint density at radius 1 is 1.25 bits per heavy atom. The molecule has 6 nitrogen and oxygen atoms in total. The van der Waals surface area contributed by atoms with Crippen molar-refractivity contribution in [2.24, 2.45) is 0 Å². The molecule has 0 saturated heterocycles. The van der Waals surface area contributed by atoms with Gasteiger partial charge in [0.15, 0.2) is 11.6 Å². The van der Waals surface area contributed by atoms with Crippen LogP contribution in [0.3, 0.4) is 0 Å². The molecular formula is C21H21FN4O2. The van der Waals surface area contributed by atoms with Crippen LogP contribution in [0.25, 0.3) is 11.4 Å². The number of nitrogens with two attached hydrogens (primary N) is 1. The van der Waals surface area contributed by atoms with Gasteiger partial charge in [0.1, 0.15) is 5.82 Å². The van der Waals surface area contributed by atoms with Crippen LogP contribution in [0.15, 0.2) is 47.3 Å². The third-order valence-electron chi connectivity index (χ3n) is 4.95. The fourth-order valence-corrected chi connectivity index (χ4v) is 3.46. The predicted octanol–water partition coefficient (Wildman–Crippen LogP) is 2.73. The summed E-state index contributed by atoms with van der Waals surface area (Å²) in [5.41, 5.74) is 9.39. The SMILES string of the molecule is COc1ccc(CN2CCc3nc(-c4ccc(N)cc4)[nH]c(=O)c3C2)cc1F. The van der Waals surface area contributed by atoms with Crippen LogP contribution in [0.5, 0.6) is 5.75 Å². The van der Waals surface area contributed by atoms with Crippen molar-refractivity contribution < 1.29 is 9.13 Å². The first-order chi connectivity index (χ1) is 13.5. The van der Waals surface area contributed by atoms with E-state index in [2.05, 4.69) is 14.9 Å². The Balaban J connectivity index is 1.55. The topological polar surface area (TPSA) is 84.2 Å². The molecule has 0 atom stereocenters. The van der Waals surface area contributed by atoms with Crippen molar-refractivity contribution in [3.05, 3.63) is 75.5 Å². The highest BCUT2D eigenvalue weighted by molar-refractivity contribution is 5.58. The normalized spacial score (nSPS) is 13.9. The smallest absolute Gasteiger partial charge is 0.255 e. The Hall–Kier alpha value is -3.19. The number of anilines is 1. The van der Waals surface area contributed by atoms with Gasteiger partial charge in [-0.05, 0) is 42.0 Å². The van der Waals surface area contributed by atoms with Gasteiger partial charge in [-0.25, -0.2) is 9.37 Å². The van der Waals surface area contributed by atoms with Crippen molar-refractivity contribution in [3.8, 4) is 17.1 Å². The van der Waals surface area contributed by atoms with Crippen LogP contribution in [-0.2, 0) is 19.5 Å². The van der Waals surface area contributed by atoms with Crippen LogP contribution in [0.2, 0.25) is 0 Å². The number of hydrogen-bond donors (Lipinski definition) is 2. The average Bonchev–Trinajstić information content (AvgIpc) is 2.69. The largest absolute Gasteiger partial charge is 0.494 e. The van der Waals surface area contributed by atoms with Gasteiger partial charge in [0, 0.05) is 37.3 Å². The lowest BCUT2D eigenvalue weighted by molar-refractivity contribution is 0.241. The molecule has 28 heavy (non-hydrogen) atoms. The first-order valence-corrected chi connectivity index (χ1v) is 9.06. The number of H-pyrrole nitrogens is 1. The third kappa shape index (κ3) is 3.61. The Morgan fingerprint density at radius 3 is 2.75 bits per heavy atom. The fourth-order valence-electron chi connectivity index (χ4n) is 3.46. The van der Waals surface area contributed by atoms with Gasteiger partial charge in [-0.3, -0.25) is 9.69 Å². The summed E-state index contributed by atoms with van der Waals surface area (Å²) >= 11 is 0. The van der Waals surface area contributed by atoms with Gasteiger partial charge in [-0.2, -0.15) is 0 Å². The number of nitrogens with zero attached hydrogens (tertiary/aromatic N) is 2. The first kappa shape index (κ1) is 18.2. The number of rotatable bonds is 4. The number of nitrogen functional groups attached to an aromatic ring is 1. The van der Waals surface area contributed by atoms with Crippen molar-refractivity contribution in [2.45, 2.75) is 19.5 Å². The third-order valence-corrected chi connectivity index (χ3v) is 4.95. The van der Waals surface area contributed by atoms with E-state index in [-0.39, 0.29) is 17.1 Å². The summed E-state index contributed by atoms with van der Waals surface area (Å²) in [6, 6.07) is 12.2. The summed E-state index contributed by atoms with van der Waals surface area (Å²) in [6.07, 6.45) is 0.667. The molecule has 1 aromatic heterocycles. The van der Waals surface area contributed by atoms with Crippen LogP contribution >= 0.6 is 0 Å². The number of halogens is 1. The minimum atomic E-state index is -0.384. The average molecular weight is 380 g/mol. The summed E-state index contributed by atoms with van der Waals surface area (Å²) in [4.78, 5) is 22.3. The van der Waals surface area contributed by atoms with Gasteiger partial charge in [0.25, 0.3) is 5.56 Å². The Bertz CT molecular complexity index is 1060. The summed E-state index contributed by atoms with van der Waals surface area (Å²) in [7, 11) is 1.44.